The Morgan fingerprint density at radius 2 is 1.97 bits per heavy atom. The highest BCUT2D eigenvalue weighted by molar-refractivity contribution is 9.10. The molecule has 2 N–H and O–H groups in total. The van der Waals surface area contributed by atoms with Crippen LogP contribution < -0.4 is 10.1 Å². The van der Waals surface area contributed by atoms with E-state index in [2.05, 4.69) is 21.2 Å². The van der Waals surface area contributed by atoms with E-state index in [0.29, 0.717) is 15.7 Å². The van der Waals surface area contributed by atoms with Gasteiger partial charge in [-0.05, 0) is 75.6 Å². The number of thioether (sulfide) groups is 1. The summed E-state index contributed by atoms with van der Waals surface area (Å²) in [5.74, 6) is -0.851. The molecule has 0 aliphatic carbocycles. The van der Waals surface area contributed by atoms with Gasteiger partial charge in [0, 0.05) is 5.69 Å². The second-order valence-corrected chi connectivity index (χ2v) is 8.27. The van der Waals surface area contributed by atoms with Gasteiger partial charge in [-0.15, -0.1) is 0 Å². The molecule has 156 valence electrons. The lowest BCUT2D eigenvalue weighted by molar-refractivity contribution is -0.127. The lowest BCUT2D eigenvalue weighted by Crippen LogP contribution is -2.36. The Balaban J connectivity index is 1.72. The van der Waals surface area contributed by atoms with Crippen LogP contribution in [0.25, 0.3) is 6.08 Å². The van der Waals surface area contributed by atoms with Crippen LogP contribution in [0, 0.1) is 0 Å². The van der Waals surface area contributed by atoms with Crippen molar-refractivity contribution in [3.63, 3.8) is 0 Å². The van der Waals surface area contributed by atoms with Crippen molar-refractivity contribution in [3.05, 3.63) is 56.9 Å². The standard InChI is InChI=1S/C21H19BrN2O5S/c1-3-12-4-6-14(7-5-12)23-18(25)11-24-20(27)17(30-21(24)28)10-13-8-15(22)19(26)16(9-13)29-2/h4-10,26H,3,11H2,1-2H3,(H,23,25)/b17-10+. The zero-order valence-corrected chi connectivity index (χ0v) is 18.7. The molecule has 7 nitrogen and oxygen atoms in total. The van der Waals surface area contributed by atoms with Gasteiger partial charge in [0.15, 0.2) is 11.5 Å². The molecule has 0 radical (unpaired) electrons. The van der Waals surface area contributed by atoms with Gasteiger partial charge >= 0.3 is 0 Å². The summed E-state index contributed by atoms with van der Waals surface area (Å²) in [6.07, 6.45) is 2.40. The maximum atomic E-state index is 12.6. The summed E-state index contributed by atoms with van der Waals surface area (Å²) >= 11 is 3.97. The minimum atomic E-state index is -0.551. The average Bonchev–Trinajstić information content (AvgIpc) is 2.98. The molecular formula is C21H19BrN2O5S. The number of rotatable bonds is 6. The number of carbonyl (C=O) groups is 3. The van der Waals surface area contributed by atoms with E-state index in [-0.39, 0.29) is 22.9 Å². The van der Waals surface area contributed by atoms with Crippen LogP contribution in [0.4, 0.5) is 10.5 Å². The maximum absolute atomic E-state index is 12.6. The van der Waals surface area contributed by atoms with Gasteiger partial charge in [0.1, 0.15) is 6.54 Å². The number of aromatic hydroxyl groups is 1. The van der Waals surface area contributed by atoms with Crippen molar-refractivity contribution >= 4 is 56.5 Å². The number of amides is 3. The smallest absolute Gasteiger partial charge is 0.294 e. The van der Waals surface area contributed by atoms with E-state index in [9.17, 15) is 19.5 Å². The van der Waals surface area contributed by atoms with Gasteiger partial charge in [0.25, 0.3) is 11.1 Å². The van der Waals surface area contributed by atoms with Crippen LogP contribution in [0.5, 0.6) is 11.5 Å². The second kappa shape index (κ2) is 9.36. The van der Waals surface area contributed by atoms with E-state index in [1.807, 2.05) is 19.1 Å². The Hall–Kier alpha value is -2.78. The van der Waals surface area contributed by atoms with Crippen molar-refractivity contribution in [2.24, 2.45) is 0 Å². The molecule has 2 aromatic carbocycles. The number of ether oxygens (including phenoxy) is 1. The number of aryl methyl sites for hydroxylation is 1. The van der Waals surface area contributed by atoms with E-state index in [4.69, 9.17) is 4.74 Å². The number of carbonyl (C=O) groups excluding carboxylic acids is 3. The van der Waals surface area contributed by atoms with Crippen molar-refractivity contribution in [3.8, 4) is 11.5 Å². The minimum Gasteiger partial charge on any atom is -0.503 e. The SMILES string of the molecule is CCc1ccc(NC(=O)CN2C(=O)S/C(=C/c3cc(Br)c(O)c(OC)c3)C2=O)cc1. The van der Waals surface area contributed by atoms with Gasteiger partial charge in [-0.2, -0.15) is 0 Å². The number of phenolic OH excluding ortho intramolecular Hbond substituents is 1. The molecule has 2 aromatic rings. The third kappa shape index (κ3) is 4.85. The third-order valence-electron chi connectivity index (χ3n) is 4.39. The van der Waals surface area contributed by atoms with Crippen LogP contribution in [-0.4, -0.2) is 40.7 Å². The Kier molecular flexibility index (Phi) is 6.84. The monoisotopic (exact) mass is 490 g/mol. The molecular weight excluding hydrogens is 472 g/mol. The summed E-state index contributed by atoms with van der Waals surface area (Å²) in [5, 5.41) is 12.1. The number of halogens is 1. The van der Waals surface area contributed by atoms with Gasteiger partial charge in [0.2, 0.25) is 5.91 Å². The number of phenols is 1. The predicted molar refractivity (Wildman–Crippen MR) is 119 cm³/mol. The third-order valence-corrected chi connectivity index (χ3v) is 5.90. The first kappa shape index (κ1) is 21.9. The van der Waals surface area contributed by atoms with Crippen LogP contribution in [0.2, 0.25) is 0 Å². The Morgan fingerprint density at radius 3 is 2.60 bits per heavy atom. The first-order chi connectivity index (χ1) is 14.3. The van der Waals surface area contributed by atoms with E-state index in [0.717, 1.165) is 28.6 Å². The van der Waals surface area contributed by atoms with Gasteiger partial charge in [-0.1, -0.05) is 19.1 Å². The Labute approximate surface area is 186 Å². The van der Waals surface area contributed by atoms with Gasteiger partial charge in [-0.25, -0.2) is 0 Å². The second-order valence-electron chi connectivity index (χ2n) is 6.42. The molecule has 3 amide bonds. The summed E-state index contributed by atoms with van der Waals surface area (Å²) in [6, 6.07) is 10.5. The summed E-state index contributed by atoms with van der Waals surface area (Å²) in [4.78, 5) is 38.3. The normalized spacial score (nSPS) is 15.0. The molecule has 0 atom stereocenters. The van der Waals surface area contributed by atoms with Crippen LogP contribution in [0.15, 0.2) is 45.8 Å². The van der Waals surface area contributed by atoms with Crippen molar-refractivity contribution in [1.82, 2.24) is 4.90 Å². The van der Waals surface area contributed by atoms with E-state index in [1.165, 1.54) is 13.2 Å². The molecule has 0 aromatic heterocycles. The van der Waals surface area contributed by atoms with Crippen LogP contribution in [0.3, 0.4) is 0 Å². The fourth-order valence-electron chi connectivity index (χ4n) is 2.79. The van der Waals surface area contributed by atoms with Crippen molar-refractivity contribution in [2.45, 2.75) is 13.3 Å². The lowest BCUT2D eigenvalue weighted by Gasteiger charge is -2.12. The molecule has 0 unspecified atom stereocenters. The summed E-state index contributed by atoms with van der Waals surface area (Å²) in [6.45, 7) is 1.66. The summed E-state index contributed by atoms with van der Waals surface area (Å²) in [7, 11) is 1.41. The van der Waals surface area contributed by atoms with E-state index >= 15 is 0 Å². The lowest BCUT2D eigenvalue weighted by atomic mass is 10.1. The van der Waals surface area contributed by atoms with Crippen LogP contribution in [0.1, 0.15) is 18.1 Å². The van der Waals surface area contributed by atoms with Crippen molar-refractivity contribution in [2.75, 3.05) is 19.0 Å². The number of benzene rings is 2. The van der Waals surface area contributed by atoms with Crippen molar-refractivity contribution in [1.29, 1.82) is 0 Å². The summed E-state index contributed by atoms with van der Waals surface area (Å²) < 4.78 is 5.48. The molecule has 1 heterocycles. The molecule has 0 saturated carbocycles. The molecule has 1 saturated heterocycles. The van der Waals surface area contributed by atoms with E-state index < -0.39 is 17.1 Å². The minimum absolute atomic E-state index is 0.0635. The number of nitrogens with one attached hydrogen (secondary N) is 1. The van der Waals surface area contributed by atoms with Crippen LogP contribution in [-0.2, 0) is 16.0 Å². The summed E-state index contributed by atoms with van der Waals surface area (Å²) in [5.41, 5.74) is 2.30. The molecule has 0 spiro atoms. The number of imide groups is 1. The maximum Gasteiger partial charge on any atom is 0.294 e. The highest BCUT2D eigenvalue weighted by atomic mass is 79.9. The van der Waals surface area contributed by atoms with Gasteiger partial charge in [-0.3, -0.25) is 19.3 Å². The first-order valence-corrected chi connectivity index (χ1v) is 10.6. The predicted octanol–water partition coefficient (Wildman–Crippen LogP) is 4.40. The Bertz CT molecular complexity index is 1040. The topological polar surface area (TPSA) is 95.9 Å². The first-order valence-electron chi connectivity index (χ1n) is 9.03. The number of methoxy groups -OCH3 is 1. The highest BCUT2D eigenvalue weighted by Gasteiger charge is 2.36. The Morgan fingerprint density at radius 1 is 1.27 bits per heavy atom. The number of nitrogens with zero attached hydrogens (tertiary/aromatic N) is 1. The number of hydrogen-bond acceptors (Lipinski definition) is 6. The molecule has 0 bridgehead atoms. The molecule has 1 aliphatic rings. The molecule has 3 rings (SSSR count). The van der Waals surface area contributed by atoms with Gasteiger partial charge < -0.3 is 15.2 Å². The molecule has 1 fully saturated rings. The molecule has 30 heavy (non-hydrogen) atoms. The molecule has 9 heteroatoms. The largest absolute Gasteiger partial charge is 0.503 e. The zero-order valence-electron chi connectivity index (χ0n) is 16.3. The fourth-order valence-corrected chi connectivity index (χ4v) is 4.09. The van der Waals surface area contributed by atoms with Crippen molar-refractivity contribution < 1.29 is 24.2 Å². The fraction of sp³-hybridized carbons (Fsp3) is 0.190. The van der Waals surface area contributed by atoms with E-state index in [1.54, 1.807) is 24.3 Å². The highest BCUT2D eigenvalue weighted by Crippen LogP contribution is 2.38. The zero-order chi connectivity index (χ0) is 21.8. The number of anilines is 1. The molecule has 1 aliphatic heterocycles. The number of hydrogen-bond donors (Lipinski definition) is 2. The average molecular weight is 491 g/mol. The van der Waals surface area contributed by atoms with Crippen LogP contribution >= 0.6 is 27.7 Å². The quantitative estimate of drug-likeness (QED) is 0.582. The van der Waals surface area contributed by atoms with Gasteiger partial charge in [0.05, 0.1) is 16.5 Å².